The highest BCUT2D eigenvalue weighted by Crippen LogP contribution is 2.28. The minimum Gasteiger partial charge on any atom is -0.398 e. The van der Waals surface area contributed by atoms with Crippen molar-refractivity contribution < 1.29 is 0 Å². The van der Waals surface area contributed by atoms with Gasteiger partial charge in [0.2, 0.25) is 0 Å². The number of hydrogen-bond acceptors (Lipinski definition) is 3. The first-order valence-corrected chi connectivity index (χ1v) is 6.69. The van der Waals surface area contributed by atoms with Crippen LogP contribution in [0.25, 0.3) is 22.2 Å². The van der Waals surface area contributed by atoms with E-state index in [4.69, 9.17) is 17.3 Å². The third-order valence-electron chi connectivity index (χ3n) is 3.27. The second-order valence-electron chi connectivity index (χ2n) is 4.59. The van der Waals surface area contributed by atoms with Gasteiger partial charge in [0.1, 0.15) is 0 Å². The minimum absolute atomic E-state index is 0.709. The van der Waals surface area contributed by atoms with Gasteiger partial charge < -0.3 is 11.1 Å². The molecule has 0 bridgehead atoms. The van der Waals surface area contributed by atoms with Gasteiger partial charge in [0.15, 0.2) is 0 Å². The summed E-state index contributed by atoms with van der Waals surface area (Å²) in [6, 6.07) is 15.4. The maximum atomic E-state index is 6.15. The Morgan fingerprint density at radius 2 is 1.80 bits per heavy atom. The molecule has 3 rings (SSSR count). The number of fused-ring (bicyclic) bond motifs is 1. The van der Waals surface area contributed by atoms with Gasteiger partial charge in [-0.2, -0.15) is 0 Å². The van der Waals surface area contributed by atoms with Gasteiger partial charge in [-0.05, 0) is 36.4 Å². The van der Waals surface area contributed by atoms with Crippen molar-refractivity contribution in [3.8, 4) is 11.3 Å². The Morgan fingerprint density at radius 3 is 2.50 bits per heavy atom. The van der Waals surface area contributed by atoms with Crippen LogP contribution in [0.2, 0.25) is 5.02 Å². The molecule has 0 saturated carbocycles. The number of nitrogen functional groups attached to an aromatic ring is 1. The Kier molecular flexibility index (Phi) is 3.20. The Hall–Kier alpha value is -2.26. The number of pyridine rings is 1. The van der Waals surface area contributed by atoms with Crippen LogP contribution in [0.4, 0.5) is 11.4 Å². The molecule has 1 heterocycles. The Morgan fingerprint density at radius 1 is 1.05 bits per heavy atom. The molecule has 1 aromatic heterocycles. The van der Waals surface area contributed by atoms with Crippen LogP contribution >= 0.6 is 11.6 Å². The molecule has 0 aliphatic carbocycles. The predicted molar refractivity (Wildman–Crippen MR) is 86.1 cm³/mol. The number of rotatable bonds is 2. The fraction of sp³-hybridized carbons (Fsp3) is 0.0625. The molecule has 0 saturated heterocycles. The molecule has 0 spiro atoms. The number of anilines is 2. The van der Waals surface area contributed by atoms with Crippen molar-refractivity contribution in [3.05, 3.63) is 53.6 Å². The molecule has 100 valence electrons. The van der Waals surface area contributed by atoms with Crippen molar-refractivity contribution >= 4 is 33.9 Å². The van der Waals surface area contributed by atoms with Crippen molar-refractivity contribution in [3.63, 3.8) is 0 Å². The molecule has 0 aliphatic heterocycles. The van der Waals surface area contributed by atoms with E-state index in [2.05, 4.69) is 10.3 Å². The Labute approximate surface area is 122 Å². The summed E-state index contributed by atoms with van der Waals surface area (Å²) in [4.78, 5) is 4.66. The van der Waals surface area contributed by atoms with E-state index in [0.717, 1.165) is 33.5 Å². The number of benzene rings is 2. The van der Waals surface area contributed by atoms with Gasteiger partial charge >= 0.3 is 0 Å². The van der Waals surface area contributed by atoms with Crippen LogP contribution in [0, 0.1) is 0 Å². The van der Waals surface area contributed by atoms with E-state index in [0.29, 0.717) is 5.02 Å². The first kappa shape index (κ1) is 12.8. The largest absolute Gasteiger partial charge is 0.398 e. The zero-order valence-corrected chi connectivity index (χ0v) is 11.8. The molecule has 3 N–H and O–H groups in total. The summed E-state index contributed by atoms with van der Waals surface area (Å²) in [5.41, 5.74) is 10.6. The molecular weight excluding hydrogens is 270 g/mol. The second kappa shape index (κ2) is 5.02. The summed E-state index contributed by atoms with van der Waals surface area (Å²) in [6.45, 7) is 0. The Balaban J connectivity index is 2.17. The van der Waals surface area contributed by atoms with Gasteiger partial charge in [0.05, 0.1) is 11.2 Å². The summed E-state index contributed by atoms with van der Waals surface area (Å²) < 4.78 is 0. The quantitative estimate of drug-likeness (QED) is 0.742. The van der Waals surface area contributed by atoms with Crippen molar-refractivity contribution in [2.45, 2.75) is 0 Å². The van der Waals surface area contributed by atoms with Crippen LogP contribution in [-0.4, -0.2) is 12.0 Å². The van der Waals surface area contributed by atoms with Gasteiger partial charge in [-0.15, -0.1) is 0 Å². The standard InChI is InChI=1S/C16H14ClN3/c1-19-12-6-7-15-13(8-12)14(18)9-16(20-15)10-2-4-11(17)5-3-10/h2-9,19H,1H3,(H2,18,20). The first-order chi connectivity index (χ1) is 9.67. The van der Waals surface area contributed by atoms with Crippen LogP contribution in [0.5, 0.6) is 0 Å². The highest BCUT2D eigenvalue weighted by molar-refractivity contribution is 6.30. The topological polar surface area (TPSA) is 50.9 Å². The van der Waals surface area contributed by atoms with E-state index < -0.39 is 0 Å². The monoisotopic (exact) mass is 283 g/mol. The van der Waals surface area contributed by atoms with Gasteiger partial charge in [-0.25, -0.2) is 4.98 Å². The average molecular weight is 284 g/mol. The molecule has 0 radical (unpaired) electrons. The van der Waals surface area contributed by atoms with E-state index in [1.807, 2.05) is 55.6 Å². The van der Waals surface area contributed by atoms with Crippen molar-refractivity contribution in [1.29, 1.82) is 0 Å². The fourth-order valence-corrected chi connectivity index (χ4v) is 2.30. The summed E-state index contributed by atoms with van der Waals surface area (Å²) >= 11 is 5.91. The van der Waals surface area contributed by atoms with Gasteiger partial charge in [-0.3, -0.25) is 0 Å². The maximum absolute atomic E-state index is 6.15. The van der Waals surface area contributed by atoms with E-state index in [1.165, 1.54) is 0 Å². The molecule has 3 nitrogen and oxygen atoms in total. The third-order valence-corrected chi connectivity index (χ3v) is 3.52. The smallest absolute Gasteiger partial charge is 0.0731 e. The van der Waals surface area contributed by atoms with Gasteiger partial charge in [0, 0.05) is 34.4 Å². The number of nitrogens with one attached hydrogen (secondary N) is 1. The summed E-state index contributed by atoms with van der Waals surface area (Å²) in [5.74, 6) is 0. The molecule has 0 atom stereocenters. The highest BCUT2D eigenvalue weighted by atomic mass is 35.5. The van der Waals surface area contributed by atoms with Crippen molar-refractivity contribution in [2.24, 2.45) is 0 Å². The van der Waals surface area contributed by atoms with E-state index in [9.17, 15) is 0 Å². The minimum atomic E-state index is 0.709. The second-order valence-corrected chi connectivity index (χ2v) is 5.02. The fourth-order valence-electron chi connectivity index (χ4n) is 2.18. The molecule has 3 aromatic rings. The lowest BCUT2D eigenvalue weighted by atomic mass is 10.1. The number of halogens is 1. The molecule has 0 aliphatic rings. The van der Waals surface area contributed by atoms with Crippen LogP contribution < -0.4 is 11.1 Å². The number of nitrogens with zero attached hydrogens (tertiary/aromatic N) is 1. The van der Waals surface area contributed by atoms with Crippen LogP contribution in [0.3, 0.4) is 0 Å². The molecule has 20 heavy (non-hydrogen) atoms. The molecule has 0 amide bonds. The molecule has 0 fully saturated rings. The molecule has 4 heteroatoms. The maximum Gasteiger partial charge on any atom is 0.0731 e. The van der Waals surface area contributed by atoms with Gasteiger partial charge in [-0.1, -0.05) is 23.7 Å². The van der Waals surface area contributed by atoms with E-state index in [1.54, 1.807) is 0 Å². The van der Waals surface area contributed by atoms with E-state index >= 15 is 0 Å². The normalized spacial score (nSPS) is 10.7. The van der Waals surface area contributed by atoms with Crippen LogP contribution in [0.15, 0.2) is 48.5 Å². The average Bonchev–Trinajstić information content (AvgIpc) is 2.47. The number of nitrogens with two attached hydrogens (primary N) is 1. The third kappa shape index (κ3) is 2.28. The summed E-state index contributed by atoms with van der Waals surface area (Å²) in [5, 5.41) is 4.76. The van der Waals surface area contributed by atoms with E-state index in [-0.39, 0.29) is 0 Å². The zero-order chi connectivity index (χ0) is 14.1. The lowest BCUT2D eigenvalue weighted by Crippen LogP contribution is -1.94. The van der Waals surface area contributed by atoms with Crippen molar-refractivity contribution in [1.82, 2.24) is 4.98 Å². The lowest BCUT2D eigenvalue weighted by molar-refractivity contribution is 1.39. The van der Waals surface area contributed by atoms with Gasteiger partial charge in [0.25, 0.3) is 0 Å². The predicted octanol–water partition coefficient (Wildman–Crippen LogP) is 4.18. The van der Waals surface area contributed by atoms with Crippen molar-refractivity contribution in [2.75, 3.05) is 18.1 Å². The number of aromatic nitrogens is 1. The first-order valence-electron chi connectivity index (χ1n) is 6.31. The Bertz CT molecular complexity index is 767. The lowest BCUT2D eigenvalue weighted by Gasteiger charge is -2.08. The summed E-state index contributed by atoms with van der Waals surface area (Å²) in [6.07, 6.45) is 0. The van der Waals surface area contributed by atoms with Crippen LogP contribution in [0.1, 0.15) is 0 Å². The molecule has 2 aromatic carbocycles. The summed E-state index contributed by atoms with van der Waals surface area (Å²) in [7, 11) is 1.88. The molecular formula is C16H14ClN3. The van der Waals surface area contributed by atoms with Crippen LogP contribution in [-0.2, 0) is 0 Å². The number of hydrogen-bond donors (Lipinski definition) is 2. The SMILES string of the molecule is CNc1ccc2nc(-c3ccc(Cl)cc3)cc(N)c2c1. The highest BCUT2D eigenvalue weighted by Gasteiger charge is 2.06. The zero-order valence-electron chi connectivity index (χ0n) is 11.0. The molecule has 0 unspecified atom stereocenters.